The first-order chi connectivity index (χ1) is 13.8. The Bertz CT molecular complexity index is 709. The lowest BCUT2D eigenvalue weighted by atomic mass is 9.84. The van der Waals surface area contributed by atoms with E-state index in [0.29, 0.717) is 17.4 Å². The van der Waals surface area contributed by atoms with Gasteiger partial charge in [-0.3, -0.25) is 9.69 Å². The Labute approximate surface area is 172 Å². The summed E-state index contributed by atoms with van der Waals surface area (Å²) >= 11 is 0. The number of carbonyl (C=O) groups excluding carboxylic acids is 1. The zero-order valence-electron chi connectivity index (χ0n) is 17.1. The molecule has 3 aliphatic rings. The molecule has 0 saturated heterocycles. The first-order valence-electron chi connectivity index (χ1n) is 10.5. The first-order valence-corrected chi connectivity index (χ1v) is 10.5. The highest BCUT2D eigenvalue weighted by atomic mass is 16.4. The molecule has 0 spiro atoms. The molecule has 8 nitrogen and oxygen atoms in total. The van der Waals surface area contributed by atoms with Crippen molar-refractivity contribution < 1.29 is 14.7 Å². The molecule has 3 aliphatic carbocycles. The molecule has 160 valence electrons. The minimum absolute atomic E-state index is 0.0955. The second kappa shape index (κ2) is 9.43. The summed E-state index contributed by atoms with van der Waals surface area (Å²) in [4.78, 5) is 30.4. The van der Waals surface area contributed by atoms with Crippen LogP contribution in [0.15, 0.2) is 28.8 Å². The van der Waals surface area contributed by atoms with Gasteiger partial charge in [-0.2, -0.15) is 0 Å². The minimum atomic E-state index is -0.959. The van der Waals surface area contributed by atoms with Gasteiger partial charge in [-0.25, -0.2) is 9.79 Å². The third-order valence-electron chi connectivity index (χ3n) is 6.02. The highest BCUT2D eigenvalue weighted by Crippen LogP contribution is 2.34. The van der Waals surface area contributed by atoms with Crippen LogP contribution in [-0.4, -0.2) is 59.1 Å². The Hall–Kier alpha value is -2.35. The summed E-state index contributed by atoms with van der Waals surface area (Å²) < 4.78 is 0. The minimum Gasteiger partial charge on any atom is -0.478 e. The van der Waals surface area contributed by atoms with E-state index in [2.05, 4.69) is 27.4 Å². The molecule has 0 heterocycles. The van der Waals surface area contributed by atoms with E-state index in [1.54, 1.807) is 0 Å². The molecule has 0 aliphatic heterocycles. The number of hydrogen-bond acceptors (Lipinski definition) is 4. The van der Waals surface area contributed by atoms with E-state index in [0.717, 1.165) is 32.4 Å². The third-order valence-corrected chi connectivity index (χ3v) is 6.02. The second-order valence-corrected chi connectivity index (χ2v) is 8.59. The fourth-order valence-corrected chi connectivity index (χ4v) is 4.49. The van der Waals surface area contributed by atoms with Crippen LogP contribution in [0.1, 0.15) is 45.4 Å². The van der Waals surface area contributed by atoms with Crippen LogP contribution in [0.2, 0.25) is 0 Å². The first kappa shape index (κ1) is 21.4. The van der Waals surface area contributed by atoms with Crippen LogP contribution >= 0.6 is 0 Å². The third kappa shape index (κ3) is 6.06. The monoisotopic (exact) mass is 403 g/mol. The van der Waals surface area contributed by atoms with E-state index < -0.39 is 12.0 Å². The maximum atomic E-state index is 12.0. The summed E-state index contributed by atoms with van der Waals surface area (Å²) in [5, 5.41) is 12.7. The molecular weight excluding hydrogens is 370 g/mol. The summed E-state index contributed by atoms with van der Waals surface area (Å²) in [6.45, 7) is 3.25. The topological polar surface area (TPSA) is 134 Å². The molecule has 1 unspecified atom stereocenters. The number of aliphatic carboxylic acids is 1. The molecule has 29 heavy (non-hydrogen) atoms. The Morgan fingerprint density at radius 3 is 2.48 bits per heavy atom. The van der Waals surface area contributed by atoms with Crippen molar-refractivity contribution in [3.63, 3.8) is 0 Å². The molecule has 8 heteroatoms. The lowest BCUT2D eigenvalue weighted by molar-refractivity contribution is -0.133. The van der Waals surface area contributed by atoms with Gasteiger partial charge in [0.1, 0.15) is 0 Å². The Morgan fingerprint density at radius 2 is 1.93 bits per heavy atom. The number of amides is 1. The molecule has 1 fully saturated rings. The van der Waals surface area contributed by atoms with E-state index in [4.69, 9.17) is 11.5 Å². The summed E-state index contributed by atoms with van der Waals surface area (Å²) in [6, 6.07) is -1.12. The molecule has 3 rings (SSSR count). The van der Waals surface area contributed by atoms with E-state index in [1.165, 1.54) is 19.8 Å². The molecule has 0 aromatic heterocycles. The highest BCUT2D eigenvalue weighted by Gasteiger charge is 2.40. The average molecular weight is 404 g/mol. The Morgan fingerprint density at radius 1 is 1.21 bits per heavy atom. The van der Waals surface area contributed by atoms with Crippen LogP contribution in [0, 0.1) is 11.8 Å². The van der Waals surface area contributed by atoms with E-state index in [9.17, 15) is 14.7 Å². The highest BCUT2D eigenvalue weighted by molar-refractivity contribution is 5.87. The van der Waals surface area contributed by atoms with Gasteiger partial charge in [-0.1, -0.05) is 18.2 Å². The lowest BCUT2D eigenvalue weighted by Gasteiger charge is -2.42. The predicted molar refractivity (Wildman–Crippen MR) is 112 cm³/mol. The molecule has 0 radical (unpaired) electrons. The van der Waals surface area contributed by atoms with Gasteiger partial charge in [0.15, 0.2) is 5.96 Å². The van der Waals surface area contributed by atoms with Gasteiger partial charge in [0.25, 0.3) is 0 Å². The number of hydrogen-bond donors (Lipinski definition) is 4. The van der Waals surface area contributed by atoms with Crippen molar-refractivity contribution in [1.29, 1.82) is 0 Å². The Kier molecular flexibility index (Phi) is 6.95. The van der Waals surface area contributed by atoms with Gasteiger partial charge >= 0.3 is 5.97 Å². The predicted octanol–water partition coefficient (Wildman–Crippen LogP) is 0.985. The van der Waals surface area contributed by atoms with Crippen LogP contribution in [0.5, 0.6) is 0 Å². The standard InChI is InChI=1S/C21H33N5O3/c1-13(27)24-19-17(25-21(22)23)9-16(20(28)29)10-18(19)26(12-15-7-8-15)11-14-5-3-2-4-6-14/h2-3,10,14-15,17-19H,4-9,11-12H2,1H3,(H,24,27)(H,28,29)(H4,22,23,25)/t14?,17-,18+,19+/m0/s1. The zero-order valence-corrected chi connectivity index (χ0v) is 17.1. The number of aliphatic imine (C=N–C) groups is 1. The van der Waals surface area contributed by atoms with Gasteiger partial charge in [0.05, 0.1) is 18.1 Å². The van der Waals surface area contributed by atoms with E-state index in [-0.39, 0.29) is 30.4 Å². The van der Waals surface area contributed by atoms with Crippen molar-refractivity contribution in [2.45, 2.75) is 63.6 Å². The largest absolute Gasteiger partial charge is 0.478 e. The number of carboxylic acid groups (broad SMARTS) is 1. The normalized spacial score (nSPS) is 29.2. The molecule has 6 N–H and O–H groups in total. The number of allylic oxidation sites excluding steroid dienone is 2. The number of rotatable bonds is 8. The van der Waals surface area contributed by atoms with Gasteiger partial charge in [0.2, 0.25) is 5.91 Å². The number of nitrogens with two attached hydrogens (primary N) is 2. The molecule has 0 aromatic carbocycles. The quantitative estimate of drug-likeness (QED) is 0.271. The fraction of sp³-hybridized carbons (Fsp3) is 0.667. The average Bonchev–Trinajstić information content (AvgIpc) is 3.46. The van der Waals surface area contributed by atoms with Crippen LogP contribution in [-0.2, 0) is 9.59 Å². The van der Waals surface area contributed by atoms with Gasteiger partial charge in [0, 0.05) is 32.0 Å². The molecule has 1 amide bonds. The summed E-state index contributed by atoms with van der Waals surface area (Å²) in [7, 11) is 0. The van der Waals surface area contributed by atoms with E-state index >= 15 is 0 Å². The van der Waals surface area contributed by atoms with Crippen molar-refractivity contribution in [1.82, 2.24) is 10.2 Å². The maximum Gasteiger partial charge on any atom is 0.331 e. The summed E-state index contributed by atoms with van der Waals surface area (Å²) in [5.41, 5.74) is 11.6. The number of nitrogens with zero attached hydrogens (tertiary/aromatic N) is 2. The molecule has 1 saturated carbocycles. The Balaban J connectivity index is 1.93. The zero-order chi connectivity index (χ0) is 21.0. The van der Waals surface area contributed by atoms with Crippen molar-refractivity contribution in [3.05, 3.63) is 23.8 Å². The van der Waals surface area contributed by atoms with Crippen LogP contribution < -0.4 is 16.8 Å². The molecule has 0 bridgehead atoms. The SMILES string of the molecule is CC(=O)N[C@@H]1[C@@H](N=C(N)N)CC(C(=O)O)=C[C@H]1N(CC1CC=CCC1)CC1CC1. The van der Waals surface area contributed by atoms with Crippen LogP contribution in [0.4, 0.5) is 0 Å². The van der Waals surface area contributed by atoms with Gasteiger partial charge < -0.3 is 21.9 Å². The van der Waals surface area contributed by atoms with Crippen LogP contribution in [0.25, 0.3) is 0 Å². The van der Waals surface area contributed by atoms with Crippen molar-refractivity contribution >= 4 is 17.8 Å². The van der Waals surface area contributed by atoms with Gasteiger partial charge in [-0.15, -0.1) is 0 Å². The van der Waals surface area contributed by atoms with Crippen molar-refractivity contribution in [3.8, 4) is 0 Å². The van der Waals surface area contributed by atoms with Gasteiger partial charge in [-0.05, 0) is 43.9 Å². The molecular formula is C21H33N5O3. The number of guanidine groups is 1. The molecule has 0 aromatic rings. The van der Waals surface area contributed by atoms with Crippen molar-refractivity contribution in [2.24, 2.45) is 28.3 Å². The number of nitrogens with one attached hydrogen (secondary N) is 1. The van der Waals surface area contributed by atoms with E-state index in [1.807, 2.05) is 6.08 Å². The fourth-order valence-electron chi connectivity index (χ4n) is 4.49. The lowest BCUT2D eigenvalue weighted by Crippen LogP contribution is -2.59. The second-order valence-electron chi connectivity index (χ2n) is 8.59. The maximum absolute atomic E-state index is 12.0. The summed E-state index contributed by atoms with van der Waals surface area (Å²) in [5.74, 6) is -0.0602. The smallest absolute Gasteiger partial charge is 0.331 e. The van der Waals surface area contributed by atoms with Crippen LogP contribution in [0.3, 0.4) is 0 Å². The van der Waals surface area contributed by atoms with Crippen molar-refractivity contribution in [2.75, 3.05) is 13.1 Å². The summed E-state index contributed by atoms with van der Waals surface area (Å²) in [6.07, 6.45) is 12.1. The molecule has 4 atom stereocenters. The number of carboxylic acids is 1. The number of carbonyl (C=O) groups is 2.